The quantitative estimate of drug-likeness (QED) is 0.613. The lowest BCUT2D eigenvalue weighted by atomic mass is 9.97. The summed E-state index contributed by atoms with van der Waals surface area (Å²) >= 11 is 0. The number of hydrogen-bond acceptors (Lipinski definition) is 1. The first kappa shape index (κ1) is 11.7. The highest BCUT2D eigenvalue weighted by Crippen LogP contribution is 2.19. The van der Waals surface area contributed by atoms with Gasteiger partial charge in [0.1, 0.15) is 0 Å². The third-order valence-corrected chi connectivity index (χ3v) is 3.40. The van der Waals surface area contributed by atoms with Gasteiger partial charge in [0.25, 0.3) is 0 Å². The Morgan fingerprint density at radius 2 is 1.47 bits per heavy atom. The van der Waals surface area contributed by atoms with Crippen molar-refractivity contribution in [3.63, 3.8) is 0 Å². The standard InChI is InChI=1S/C18H14O/c1-13-6-2-5-9-17(13)18(19)16-11-10-14-7-3-4-8-15(14)12-16/h2-12H,1H3. The number of carbonyl (C=O) groups is 1. The minimum Gasteiger partial charge on any atom is -0.289 e. The highest BCUT2D eigenvalue weighted by atomic mass is 16.1. The summed E-state index contributed by atoms with van der Waals surface area (Å²) in [5.74, 6) is 0.0869. The van der Waals surface area contributed by atoms with Crippen molar-refractivity contribution in [2.24, 2.45) is 0 Å². The molecule has 3 aromatic rings. The average molecular weight is 246 g/mol. The van der Waals surface area contributed by atoms with Crippen molar-refractivity contribution in [1.82, 2.24) is 0 Å². The van der Waals surface area contributed by atoms with Crippen LogP contribution in [0.1, 0.15) is 21.5 Å². The van der Waals surface area contributed by atoms with Gasteiger partial charge in [-0.15, -0.1) is 0 Å². The molecule has 3 rings (SSSR count). The van der Waals surface area contributed by atoms with Crippen molar-refractivity contribution in [1.29, 1.82) is 0 Å². The van der Waals surface area contributed by atoms with Crippen LogP contribution in [-0.4, -0.2) is 5.78 Å². The summed E-state index contributed by atoms with van der Waals surface area (Å²) in [6, 6.07) is 21.6. The van der Waals surface area contributed by atoms with Crippen molar-refractivity contribution in [2.75, 3.05) is 0 Å². The maximum absolute atomic E-state index is 12.5. The zero-order valence-electron chi connectivity index (χ0n) is 10.8. The van der Waals surface area contributed by atoms with Crippen LogP contribution >= 0.6 is 0 Å². The van der Waals surface area contributed by atoms with E-state index >= 15 is 0 Å². The zero-order chi connectivity index (χ0) is 13.2. The van der Waals surface area contributed by atoms with Crippen LogP contribution in [0.5, 0.6) is 0 Å². The predicted octanol–water partition coefficient (Wildman–Crippen LogP) is 4.38. The van der Waals surface area contributed by atoms with E-state index in [1.165, 1.54) is 0 Å². The summed E-state index contributed by atoms with van der Waals surface area (Å²) in [4.78, 5) is 12.5. The molecule has 0 fully saturated rings. The van der Waals surface area contributed by atoms with Crippen LogP contribution in [0.4, 0.5) is 0 Å². The zero-order valence-corrected chi connectivity index (χ0v) is 10.8. The first-order chi connectivity index (χ1) is 9.25. The lowest BCUT2D eigenvalue weighted by molar-refractivity contribution is 0.103. The van der Waals surface area contributed by atoms with E-state index in [1.807, 2.05) is 67.6 Å². The lowest BCUT2D eigenvalue weighted by Gasteiger charge is -2.06. The Morgan fingerprint density at radius 3 is 2.26 bits per heavy atom. The summed E-state index contributed by atoms with van der Waals surface area (Å²) in [5.41, 5.74) is 2.53. The van der Waals surface area contributed by atoms with E-state index in [0.717, 1.165) is 27.5 Å². The molecule has 0 radical (unpaired) electrons. The maximum atomic E-state index is 12.5. The van der Waals surface area contributed by atoms with E-state index in [4.69, 9.17) is 0 Å². The summed E-state index contributed by atoms with van der Waals surface area (Å²) in [6.45, 7) is 1.97. The van der Waals surface area contributed by atoms with E-state index in [9.17, 15) is 4.79 Å². The molecule has 0 aromatic heterocycles. The molecule has 0 aliphatic carbocycles. The largest absolute Gasteiger partial charge is 0.289 e. The number of rotatable bonds is 2. The normalized spacial score (nSPS) is 10.6. The SMILES string of the molecule is Cc1ccccc1C(=O)c1ccc2ccccc2c1. The molecule has 92 valence electrons. The van der Waals surface area contributed by atoms with Gasteiger partial charge in [-0.2, -0.15) is 0 Å². The number of benzene rings is 3. The van der Waals surface area contributed by atoms with Gasteiger partial charge >= 0.3 is 0 Å². The average Bonchev–Trinajstić information content (AvgIpc) is 2.46. The topological polar surface area (TPSA) is 17.1 Å². The molecule has 0 atom stereocenters. The Balaban J connectivity index is 2.09. The Kier molecular flexibility index (Phi) is 2.88. The second kappa shape index (κ2) is 4.69. The fraction of sp³-hybridized carbons (Fsp3) is 0.0556. The van der Waals surface area contributed by atoms with Gasteiger partial charge in [-0.05, 0) is 29.3 Å². The first-order valence-electron chi connectivity index (χ1n) is 6.35. The number of aryl methyl sites for hydroxylation is 1. The Morgan fingerprint density at radius 1 is 0.789 bits per heavy atom. The van der Waals surface area contributed by atoms with Crippen LogP contribution in [0.15, 0.2) is 66.7 Å². The van der Waals surface area contributed by atoms with Gasteiger partial charge in [-0.1, -0.05) is 60.7 Å². The lowest BCUT2D eigenvalue weighted by Crippen LogP contribution is -2.03. The van der Waals surface area contributed by atoms with Gasteiger partial charge in [0.15, 0.2) is 5.78 Å². The highest BCUT2D eigenvalue weighted by molar-refractivity contribution is 6.11. The molecule has 1 heteroatoms. The second-order valence-electron chi connectivity index (χ2n) is 4.71. The molecule has 1 nitrogen and oxygen atoms in total. The molecular weight excluding hydrogens is 232 g/mol. The van der Waals surface area contributed by atoms with Gasteiger partial charge in [-0.25, -0.2) is 0 Å². The number of hydrogen-bond donors (Lipinski definition) is 0. The van der Waals surface area contributed by atoms with Gasteiger partial charge in [0.05, 0.1) is 0 Å². The predicted molar refractivity (Wildman–Crippen MR) is 78.6 cm³/mol. The Hall–Kier alpha value is -2.41. The Bertz CT molecular complexity index is 756. The van der Waals surface area contributed by atoms with Crippen molar-refractivity contribution < 1.29 is 4.79 Å². The molecule has 19 heavy (non-hydrogen) atoms. The highest BCUT2D eigenvalue weighted by Gasteiger charge is 2.11. The summed E-state index contributed by atoms with van der Waals surface area (Å²) in [6.07, 6.45) is 0. The van der Waals surface area contributed by atoms with Crippen molar-refractivity contribution in [3.05, 3.63) is 83.4 Å². The second-order valence-corrected chi connectivity index (χ2v) is 4.71. The van der Waals surface area contributed by atoms with Gasteiger partial charge in [-0.3, -0.25) is 4.79 Å². The van der Waals surface area contributed by atoms with Crippen molar-refractivity contribution in [2.45, 2.75) is 6.92 Å². The van der Waals surface area contributed by atoms with E-state index in [1.54, 1.807) is 0 Å². The minimum atomic E-state index is 0.0869. The molecule has 0 unspecified atom stereocenters. The summed E-state index contributed by atoms with van der Waals surface area (Å²) < 4.78 is 0. The number of carbonyl (C=O) groups excluding carboxylic acids is 1. The van der Waals surface area contributed by atoms with Crippen LogP contribution in [0.3, 0.4) is 0 Å². The van der Waals surface area contributed by atoms with Crippen LogP contribution < -0.4 is 0 Å². The smallest absolute Gasteiger partial charge is 0.193 e. The van der Waals surface area contributed by atoms with E-state index < -0.39 is 0 Å². The van der Waals surface area contributed by atoms with E-state index in [2.05, 4.69) is 6.07 Å². The van der Waals surface area contributed by atoms with Gasteiger partial charge < -0.3 is 0 Å². The molecule has 0 heterocycles. The van der Waals surface area contributed by atoms with Crippen molar-refractivity contribution >= 4 is 16.6 Å². The monoisotopic (exact) mass is 246 g/mol. The van der Waals surface area contributed by atoms with Crippen LogP contribution in [0.25, 0.3) is 10.8 Å². The Labute approximate surface area is 112 Å². The number of fused-ring (bicyclic) bond motifs is 1. The molecule has 0 N–H and O–H groups in total. The molecule has 0 aliphatic rings. The summed E-state index contributed by atoms with van der Waals surface area (Å²) in [7, 11) is 0. The molecule has 0 saturated heterocycles. The van der Waals surface area contributed by atoms with Crippen molar-refractivity contribution in [3.8, 4) is 0 Å². The van der Waals surface area contributed by atoms with Gasteiger partial charge in [0, 0.05) is 11.1 Å². The molecular formula is C18H14O. The first-order valence-corrected chi connectivity index (χ1v) is 6.35. The van der Waals surface area contributed by atoms with Gasteiger partial charge in [0.2, 0.25) is 0 Å². The number of ketones is 1. The molecule has 3 aromatic carbocycles. The fourth-order valence-corrected chi connectivity index (χ4v) is 2.31. The maximum Gasteiger partial charge on any atom is 0.193 e. The van der Waals surface area contributed by atoms with Crippen LogP contribution in [-0.2, 0) is 0 Å². The fourth-order valence-electron chi connectivity index (χ4n) is 2.31. The third-order valence-electron chi connectivity index (χ3n) is 3.40. The molecule has 0 aliphatic heterocycles. The molecule has 0 bridgehead atoms. The van der Waals surface area contributed by atoms with Crippen LogP contribution in [0, 0.1) is 6.92 Å². The van der Waals surface area contributed by atoms with Crippen LogP contribution in [0.2, 0.25) is 0 Å². The summed E-state index contributed by atoms with van der Waals surface area (Å²) in [5, 5.41) is 2.26. The van der Waals surface area contributed by atoms with E-state index in [-0.39, 0.29) is 5.78 Å². The molecule has 0 amide bonds. The molecule has 0 spiro atoms. The van der Waals surface area contributed by atoms with E-state index in [0.29, 0.717) is 0 Å². The molecule has 0 saturated carbocycles. The third kappa shape index (κ3) is 2.15. The minimum absolute atomic E-state index is 0.0869.